The third kappa shape index (κ3) is 4.24. The molecule has 2 aliphatic carbocycles. The van der Waals surface area contributed by atoms with Crippen molar-refractivity contribution < 1.29 is 31.1 Å². The molecular weight excluding hydrogens is 553 g/mol. The predicted molar refractivity (Wildman–Crippen MR) is 141 cm³/mol. The number of halogens is 1. The van der Waals surface area contributed by atoms with Crippen LogP contribution in [0.2, 0.25) is 0 Å². The molecule has 0 saturated heterocycles. The van der Waals surface area contributed by atoms with Gasteiger partial charge in [-0.05, 0) is 66.2 Å². The summed E-state index contributed by atoms with van der Waals surface area (Å²) in [6, 6.07) is 5.65. The maximum Gasteiger partial charge on any atom is 0.287 e. The average Bonchev–Trinajstić information content (AvgIpc) is 3.56. The Morgan fingerprint density at radius 1 is 1.21 bits per heavy atom. The van der Waals surface area contributed by atoms with Crippen LogP contribution in [0.4, 0.5) is 9.39 Å². The number of thiophene rings is 1. The molecule has 0 radical (unpaired) electrons. The zero-order valence-corrected chi connectivity index (χ0v) is 22.9. The van der Waals surface area contributed by atoms with E-state index in [-0.39, 0.29) is 75.4 Å². The highest BCUT2D eigenvalue weighted by Gasteiger charge is 2.57. The normalized spacial score (nSPS) is 27.7. The Morgan fingerprint density at radius 2 is 1.92 bits per heavy atom. The number of anilines is 1. The van der Waals surface area contributed by atoms with Gasteiger partial charge in [-0.15, -0.1) is 15.7 Å². The predicted octanol–water partition coefficient (Wildman–Crippen LogP) is 3.26. The van der Waals surface area contributed by atoms with E-state index in [2.05, 4.69) is 9.71 Å². The molecule has 0 spiro atoms. The number of carbonyl (C=O) groups excluding carboxylic acids is 1. The van der Waals surface area contributed by atoms with Gasteiger partial charge in [-0.25, -0.2) is 12.8 Å². The lowest BCUT2D eigenvalue weighted by Gasteiger charge is -2.44. The minimum Gasteiger partial charge on any atom is -0.511 e. The first kappa shape index (κ1) is 25.5. The number of hydrogen-bond donors (Lipinski definition) is 2. The number of amides is 1. The van der Waals surface area contributed by atoms with Crippen LogP contribution in [0.1, 0.15) is 30.4 Å². The number of sulfone groups is 1. The van der Waals surface area contributed by atoms with Crippen LogP contribution < -0.4 is 5.32 Å². The minimum atomic E-state index is -4.27. The molecule has 2 aliphatic heterocycles. The first-order valence-corrected chi connectivity index (χ1v) is 16.7. The summed E-state index contributed by atoms with van der Waals surface area (Å²) in [4.78, 5) is 15.5. The van der Waals surface area contributed by atoms with Crippen LogP contribution >= 0.6 is 11.3 Å². The molecule has 2 aromatic rings. The molecule has 6 rings (SSSR count). The van der Waals surface area contributed by atoms with E-state index in [4.69, 9.17) is 0 Å². The van der Waals surface area contributed by atoms with Crippen molar-refractivity contribution in [3.63, 3.8) is 0 Å². The van der Waals surface area contributed by atoms with E-state index < -0.39 is 25.8 Å². The lowest BCUT2D eigenvalue weighted by Crippen LogP contribution is -2.53. The van der Waals surface area contributed by atoms with Crippen LogP contribution in [0.25, 0.3) is 0 Å². The van der Waals surface area contributed by atoms with Crippen LogP contribution in [0.5, 0.6) is 0 Å². The molecule has 202 valence electrons. The Bertz CT molecular complexity index is 1610. The summed E-state index contributed by atoms with van der Waals surface area (Å²) in [5, 5.41) is 16.1. The maximum atomic E-state index is 13.9. The van der Waals surface area contributed by atoms with Crippen molar-refractivity contribution in [1.82, 2.24) is 4.90 Å². The Morgan fingerprint density at radius 3 is 2.63 bits per heavy atom. The van der Waals surface area contributed by atoms with Gasteiger partial charge in [0.25, 0.3) is 15.9 Å². The molecule has 4 aliphatic rings. The Balaban J connectivity index is 1.39. The molecule has 13 heteroatoms. The number of sulfonamides is 1. The summed E-state index contributed by atoms with van der Waals surface area (Å²) in [6.07, 6.45) is 3.83. The summed E-state index contributed by atoms with van der Waals surface area (Å²) in [5.74, 6) is -1.43. The van der Waals surface area contributed by atoms with Gasteiger partial charge < -0.3 is 15.3 Å². The zero-order valence-electron chi connectivity index (χ0n) is 20.4. The van der Waals surface area contributed by atoms with Gasteiger partial charge in [-0.3, -0.25) is 4.79 Å². The minimum absolute atomic E-state index is 0.0155. The van der Waals surface area contributed by atoms with Gasteiger partial charge >= 0.3 is 0 Å². The lowest BCUT2D eigenvalue weighted by atomic mass is 9.77. The number of hydrogen-bond acceptors (Lipinski definition) is 8. The molecule has 4 atom stereocenters. The second-order valence-corrected chi connectivity index (χ2v) is 15.2. The number of nitrogens with zero attached hydrogens (tertiary/aromatic N) is 2. The van der Waals surface area contributed by atoms with Crippen LogP contribution in [0.3, 0.4) is 0 Å². The molecule has 3 heterocycles. The fourth-order valence-electron chi connectivity index (χ4n) is 6.46. The van der Waals surface area contributed by atoms with Gasteiger partial charge in [-0.2, -0.15) is 8.42 Å². The first-order chi connectivity index (χ1) is 17.9. The number of amidine groups is 1. The molecule has 2 bridgehead atoms. The Labute approximate surface area is 224 Å². The van der Waals surface area contributed by atoms with Gasteiger partial charge in [0.2, 0.25) is 0 Å². The molecule has 2 saturated carbocycles. The van der Waals surface area contributed by atoms with Gasteiger partial charge in [0, 0.05) is 24.8 Å². The summed E-state index contributed by atoms with van der Waals surface area (Å²) in [5.41, 5.74) is 0.899. The monoisotopic (exact) mass is 579 g/mol. The van der Waals surface area contributed by atoms with E-state index in [1.165, 1.54) is 12.1 Å². The van der Waals surface area contributed by atoms with Crippen molar-refractivity contribution in [1.29, 1.82) is 0 Å². The quantitative estimate of drug-likeness (QED) is 0.537. The molecule has 2 unspecified atom stereocenters. The second kappa shape index (κ2) is 8.88. The van der Waals surface area contributed by atoms with Crippen molar-refractivity contribution in [2.45, 2.75) is 43.2 Å². The summed E-state index contributed by atoms with van der Waals surface area (Å²) in [7, 11) is -7.58. The van der Waals surface area contributed by atoms with Crippen LogP contribution in [0.15, 0.2) is 50.3 Å². The van der Waals surface area contributed by atoms with Gasteiger partial charge in [0.1, 0.15) is 36.9 Å². The van der Waals surface area contributed by atoms with E-state index in [1.54, 1.807) is 22.4 Å². The van der Waals surface area contributed by atoms with Crippen LogP contribution in [0, 0.1) is 23.6 Å². The van der Waals surface area contributed by atoms with Crippen molar-refractivity contribution in [3.8, 4) is 0 Å². The molecular formula is C25H26FN3O6S3. The molecule has 2 N–H and O–H groups in total. The SMILES string of the molecule is CS(=O)(=O)CCc1csc2c1S(=O)(=O)N=C(C1=C(O)[C@@H]3C4CCC(C4)[C@@H]3N(Cc3ccc(F)cc3)C1=O)N2. The van der Waals surface area contributed by atoms with Gasteiger partial charge in [-0.1, -0.05) is 12.1 Å². The van der Waals surface area contributed by atoms with Crippen molar-refractivity contribution in [2.24, 2.45) is 22.2 Å². The highest BCUT2D eigenvalue weighted by molar-refractivity contribution is 7.91. The number of aryl methyl sites for hydroxylation is 1. The maximum absolute atomic E-state index is 13.9. The number of aliphatic hydroxyl groups is 1. The zero-order chi connectivity index (χ0) is 27.0. The molecule has 2 fully saturated rings. The number of fused-ring (bicyclic) bond motifs is 6. The second-order valence-electron chi connectivity index (χ2n) is 10.5. The Kier molecular flexibility index (Phi) is 5.96. The van der Waals surface area contributed by atoms with Crippen LogP contribution in [-0.2, 0) is 37.6 Å². The highest BCUT2D eigenvalue weighted by atomic mass is 32.2. The van der Waals surface area contributed by atoms with Gasteiger partial charge in [0.05, 0.1) is 5.75 Å². The first-order valence-electron chi connectivity index (χ1n) is 12.3. The summed E-state index contributed by atoms with van der Waals surface area (Å²) < 4.78 is 67.2. The van der Waals surface area contributed by atoms with E-state index in [0.29, 0.717) is 5.56 Å². The fraction of sp³-hybridized carbons (Fsp3) is 0.440. The lowest BCUT2D eigenvalue weighted by molar-refractivity contribution is -0.134. The number of benzene rings is 1. The van der Waals surface area contributed by atoms with Crippen LogP contribution in [-0.4, -0.2) is 56.6 Å². The van der Waals surface area contributed by atoms with E-state index in [9.17, 15) is 31.1 Å². The van der Waals surface area contributed by atoms with Crippen molar-refractivity contribution in [3.05, 3.63) is 57.9 Å². The summed E-state index contributed by atoms with van der Waals surface area (Å²) >= 11 is 1.08. The van der Waals surface area contributed by atoms with E-state index in [1.807, 2.05) is 0 Å². The number of carbonyl (C=O) groups is 1. The van der Waals surface area contributed by atoms with E-state index in [0.717, 1.165) is 42.4 Å². The van der Waals surface area contributed by atoms with Gasteiger partial charge in [0.15, 0.2) is 5.84 Å². The standard InChI is InChI=1S/C25H26FN3O6S3/c1-37(32,33)9-8-16-12-36-24-22(16)38(34,35)28-23(27-24)19-21(30)18-14-4-5-15(10-14)20(18)29(25(19)31)11-13-2-6-17(26)7-3-13/h2-3,6-7,12,14-15,18,20,30H,4-5,8-11H2,1H3,(H,27,28)/t14?,15?,18-,20+/m1/s1. The summed E-state index contributed by atoms with van der Waals surface area (Å²) in [6.45, 7) is 0.195. The third-order valence-electron chi connectivity index (χ3n) is 8.04. The fourth-order valence-corrected chi connectivity index (χ4v) is 9.72. The number of nitrogens with one attached hydrogen (secondary N) is 1. The molecule has 1 aromatic carbocycles. The number of rotatable bonds is 6. The smallest absolute Gasteiger partial charge is 0.287 e. The molecule has 9 nitrogen and oxygen atoms in total. The molecule has 1 aromatic heterocycles. The molecule has 38 heavy (non-hydrogen) atoms. The largest absolute Gasteiger partial charge is 0.511 e. The van der Waals surface area contributed by atoms with Crippen molar-refractivity contribution >= 4 is 47.9 Å². The average molecular weight is 580 g/mol. The highest BCUT2D eigenvalue weighted by Crippen LogP contribution is 2.55. The topological polar surface area (TPSA) is 133 Å². The molecule has 1 amide bonds. The third-order valence-corrected chi connectivity index (χ3v) is 11.5. The Hall–Kier alpha value is -2.77. The van der Waals surface area contributed by atoms with E-state index >= 15 is 0 Å². The number of aliphatic hydroxyl groups excluding tert-OH is 1. The van der Waals surface area contributed by atoms with Crippen molar-refractivity contribution in [2.75, 3.05) is 17.3 Å².